The van der Waals surface area contributed by atoms with Gasteiger partial charge in [0.2, 0.25) is 5.91 Å². The number of ether oxygens (including phenoxy) is 1. The number of carbonyl (C=O) groups is 1. The highest BCUT2D eigenvalue weighted by molar-refractivity contribution is 6.30. The second-order valence-electron chi connectivity index (χ2n) is 6.63. The maximum absolute atomic E-state index is 12.3. The zero-order valence-electron chi connectivity index (χ0n) is 14.9. The first-order valence-electron chi connectivity index (χ1n) is 9.13. The van der Waals surface area contributed by atoms with Crippen molar-refractivity contribution < 1.29 is 9.53 Å². The van der Waals surface area contributed by atoms with Gasteiger partial charge in [0.15, 0.2) is 0 Å². The van der Waals surface area contributed by atoms with Gasteiger partial charge in [-0.05, 0) is 49.7 Å². The van der Waals surface area contributed by atoms with Gasteiger partial charge in [0.25, 0.3) is 0 Å². The summed E-state index contributed by atoms with van der Waals surface area (Å²) in [4.78, 5) is 14.7. The van der Waals surface area contributed by atoms with Gasteiger partial charge in [-0.2, -0.15) is 0 Å². The third kappa shape index (κ3) is 5.75. The molecule has 0 unspecified atom stereocenters. The van der Waals surface area contributed by atoms with Crippen LogP contribution < -0.4 is 10.1 Å². The standard InChI is InChI=1S/C21H25ClN2O2/c22-19-7-4-8-20(15-19)26-14-13-24-11-9-18(10-12-24)21(25)23-16-17-5-2-1-3-6-17/h1-8,15,18H,9-14,16H2,(H,23,25). The lowest BCUT2D eigenvalue weighted by atomic mass is 9.96. The van der Waals surface area contributed by atoms with Crippen molar-refractivity contribution in [2.75, 3.05) is 26.2 Å². The van der Waals surface area contributed by atoms with E-state index < -0.39 is 0 Å². The van der Waals surface area contributed by atoms with Gasteiger partial charge in [-0.25, -0.2) is 0 Å². The van der Waals surface area contributed by atoms with Crippen LogP contribution in [-0.2, 0) is 11.3 Å². The molecule has 3 rings (SSSR count). The van der Waals surface area contributed by atoms with Crippen LogP contribution in [0, 0.1) is 5.92 Å². The number of likely N-dealkylation sites (tertiary alicyclic amines) is 1. The summed E-state index contributed by atoms with van der Waals surface area (Å²) in [6, 6.07) is 17.5. The fourth-order valence-electron chi connectivity index (χ4n) is 3.20. The highest BCUT2D eigenvalue weighted by atomic mass is 35.5. The number of rotatable bonds is 7. The number of carbonyl (C=O) groups excluding carboxylic acids is 1. The molecule has 0 saturated carbocycles. The molecule has 0 spiro atoms. The van der Waals surface area contributed by atoms with E-state index in [-0.39, 0.29) is 11.8 Å². The van der Waals surface area contributed by atoms with E-state index in [0.717, 1.165) is 43.8 Å². The van der Waals surface area contributed by atoms with Crippen LogP contribution in [0.3, 0.4) is 0 Å². The smallest absolute Gasteiger partial charge is 0.223 e. The van der Waals surface area contributed by atoms with E-state index in [0.29, 0.717) is 18.2 Å². The Morgan fingerprint density at radius 1 is 1.12 bits per heavy atom. The summed E-state index contributed by atoms with van der Waals surface area (Å²) in [5.41, 5.74) is 1.14. The van der Waals surface area contributed by atoms with Crippen molar-refractivity contribution in [1.82, 2.24) is 10.2 Å². The van der Waals surface area contributed by atoms with E-state index in [4.69, 9.17) is 16.3 Å². The number of nitrogens with one attached hydrogen (secondary N) is 1. The van der Waals surface area contributed by atoms with Crippen LogP contribution in [-0.4, -0.2) is 37.0 Å². The Balaban J connectivity index is 1.34. The number of hydrogen-bond acceptors (Lipinski definition) is 3. The summed E-state index contributed by atoms with van der Waals surface area (Å²) in [5.74, 6) is 1.08. The molecule has 1 heterocycles. The second-order valence-corrected chi connectivity index (χ2v) is 7.06. The highest BCUT2D eigenvalue weighted by Gasteiger charge is 2.24. The van der Waals surface area contributed by atoms with Crippen molar-refractivity contribution in [1.29, 1.82) is 0 Å². The Morgan fingerprint density at radius 2 is 1.88 bits per heavy atom. The maximum atomic E-state index is 12.3. The minimum atomic E-state index is 0.115. The molecule has 0 bridgehead atoms. The van der Waals surface area contributed by atoms with E-state index >= 15 is 0 Å². The van der Waals surface area contributed by atoms with E-state index in [1.807, 2.05) is 54.6 Å². The van der Waals surface area contributed by atoms with Gasteiger partial charge in [-0.15, -0.1) is 0 Å². The molecule has 0 atom stereocenters. The molecular weight excluding hydrogens is 348 g/mol. The molecule has 1 saturated heterocycles. The SMILES string of the molecule is O=C(NCc1ccccc1)C1CCN(CCOc2cccc(Cl)c2)CC1. The lowest BCUT2D eigenvalue weighted by molar-refractivity contribution is -0.126. The van der Waals surface area contributed by atoms with Crippen LogP contribution in [0.4, 0.5) is 0 Å². The highest BCUT2D eigenvalue weighted by Crippen LogP contribution is 2.19. The molecule has 5 heteroatoms. The molecule has 1 aliphatic heterocycles. The zero-order chi connectivity index (χ0) is 18.2. The van der Waals surface area contributed by atoms with E-state index in [1.165, 1.54) is 0 Å². The van der Waals surface area contributed by atoms with Crippen molar-refractivity contribution >= 4 is 17.5 Å². The van der Waals surface area contributed by atoms with Crippen LogP contribution in [0.25, 0.3) is 0 Å². The fraction of sp³-hybridized carbons (Fsp3) is 0.381. The van der Waals surface area contributed by atoms with Crippen LogP contribution in [0.5, 0.6) is 5.75 Å². The van der Waals surface area contributed by atoms with E-state index in [1.54, 1.807) is 0 Å². The van der Waals surface area contributed by atoms with E-state index in [9.17, 15) is 4.79 Å². The first kappa shape index (κ1) is 18.7. The molecule has 4 nitrogen and oxygen atoms in total. The molecule has 1 N–H and O–H groups in total. The lowest BCUT2D eigenvalue weighted by Gasteiger charge is -2.31. The van der Waals surface area contributed by atoms with Gasteiger partial charge in [-0.1, -0.05) is 48.0 Å². The molecule has 0 radical (unpaired) electrons. The van der Waals surface area contributed by atoms with Crippen LogP contribution in [0.2, 0.25) is 5.02 Å². The Bertz CT molecular complexity index is 700. The summed E-state index contributed by atoms with van der Waals surface area (Å²) in [6.45, 7) is 3.97. The molecule has 1 amide bonds. The predicted octanol–water partition coefficient (Wildman–Crippen LogP) is 3.75. The second kappa shape index (κ2) is 9.60. The van der Waals surface area contributed by atoms with Crippen LogP contribution >= 0.6 is 11.6 Å². The Kier molecular flexibility index (Phi) is 6.92. The normalized spacial score (nSPS) is 15.6. The van der Waals surface area contributed by atoms with Crippen LogP contribution in [0.15, 0.2) is 54.6 Å². The Labute approximate surface area is 160 Å². The summed E-state index contributed by atoms with van der Waals surface area (Å²) in [7, 11) is 0. The first-order valence-corrected chi connectivity index (χ1v) is 9.51. The lowest BCUT2D eigenvalue weighted by Crippen LogP contribution is -2.41. The van der Waals surface area contributed by atoms with Gasteiger partial charge in [0.05, 0.1) is 0 Å². The minimum absolute atomic E-state index is 0.115. The van der Waals surface area contributed by atoms with Gasteiger partial charge >= 0.3 is 0 Å². The maximum Gasteiger partial charge on any atom is 0.223 e. The number of amides is 1. The van der Waals surface area contributed by atoms with Gasteiger partial charge in [0, 0.05) is 24.0 Å². The summed E-state index contributed by atoms with van der Waals surface area (Å²) in [5, 5.41) is 3.74. The summed E-state index contributed by atoms with van der Waals surface area (Å²) < 4.78 is 5.75. The number of hydrogen-bond donors (Lipinski definition) is 1. The van der Waals surface area contributed by atoms with Crippen molar-refractivity contribution in [3.8, 4) is 5.75 Å². The average molecular weight is 373 g/mol. The molecule has 2 aromatic carbocycles. The third-order valence-corrected chi connectivity index (χ3v) is 4.98. The summed E-state index contributed by atoms with van der Waals surface area (Å²) >= 11 is 5.95. The van der Waals surface area contributed by atoms with Crippen LogP contribution in [0.1, 0.15) is 18.4 Å². The molecule has 1 aliphatic rings. The molecular formula is C21H25ClN2O2. The Morgan fingerprint density at radius 3 is 2.62 bits per heavy atom. The molecule has 0 aliphatic carbocycles. The monoisotopic (exact) mass is 372 g/mol. The third-order valence-electron chi connectivity index (χ3n) is 4.74. The van der Waals surface area contributed by atoms with Crippen molar-refractivity contribution in [2.45, 2.75) is 19.4 Å². The number of piperidine rings is 1. The molecule has 138 valence electrons. The van der Waals surface area contributed by atoms with Crippen molar-refractivity contribution in [3.05, 3.63) is 65.2 Å². The van der Waals surface area contributed by atoms with Gasteiger partial charge in [-0.3, -0.25) is 9.69 Å². The topological polar surface area (TPSA) is 41.6 Å². The number of benzene rings is 2. The molecule has 2 aromatic rings. The fourth-order valence-corrected chi connectivity index (χ4v) is 3.38. The zero-order valence-corrected chi connectivity index (χ0v) is 15.6. The average Bonchev–Trinajstić information content (AvgIpc) is 2.67. The molecule has 1 fully saturated rings. The quantitative estimate of drug-likeness (QED) is 0.804. The first-order chi connectivity index (χ1) is 12.7. The van der Waals surface area contributed by atoms with Crippen molar-refractivity contribution in [3.63, 3.8) is 0 Å². The van der Waals surface area contributed by atoms with Gasteiger partial charge in [0.1, 0.15) is 12.4 Å². The predicted molar refractivity (Wildman–Crippen MR) is 104 cm³/mol. The molecule has 0 aromatic heterocycles. The number of nitrogens with zero attached hydrogens (tertiary/aromatic N) is 1. The van der Waals surface area contributed by atoms with Crippen molar-refractivity contribution in [2.24, 2.45) is 5.92 Å². The van der Waals surface area contributed by atoms with E-state index in [2.05, 4.69) is 10.2 Å². The summed E-state index contributed by atoms with van der Waals surface area (Å²) in [6.07, 6.45) is 1.80. The minimum Gasteiger partial charge on any atom is -0.492 e. The number of halogens is 1. The van der Waals surface area contributed by atoms with Gasteiger partial charge < -0.3 is 10.1 Å². The Hall–Kier alpha value is -2.04. The largest absolute Gasteiger partial charge is 0.492 e. The molecule has 26 heavy (non-hydrogen) atoms.